The summed E-state index contributed by atoms with van der Waals surface area (Å²) in [6, 6.07) is 7.53. The Hall–Kier alpha value is -2.61. The third kappa shape index (κ3) is 5.80. The molecule has 1 atom stereocenters. The Morgan fingerprint density at radius 1 is 1.27 bits per heavy atom. The molecule has 22 heavy (non-hydrogen) atoms. The summed E-state index contributed by atoms with van der Waals surface area (Å²) < 4.78 is 4.91. The van der Waals surface area contributed by atoms with E-state index in [1.165, 1.54) is 14.2 Å². The van der Waals surface area contributed by atoms with Crippen LogP contribution in [0.3, 0.4) is 0 Å². The van der Waals surface area contributed by atoms with E-state index in [-0.39, 0.29) is 6.61 Å². The van der Waals surface area contributed by atoms with Gasteiger partial charge in [-0.3, -0.25) is 9.63 Å². The summed E-state index contributed by atoms with van der Waals surface area (Å²) in [6.07, 6.45) is -1.36. The number of amides is 2. The minimum atomic E-state index is -1.40. The van der Waals surface area contributed by atoms with Crippen molar-refractivity contribution in [2.24, 2.45) is 0 Å². The molecule has 2 amide bonds. The molecule has 0 aromatic heterocycles. The van der Waals surface area contributed by atoms with Crippen LogP contribution in [0.15, 0.2) is 30.3 Å². The molecule has 0 saturated heterocycles. The molecule has 0 saturated carbocycles. The fraction of sp³-hybridized carbons (Fsp3) is 0.357. The van der Waals surface area contributed by atoms with Crippen LogP contribution in [-0.2, 0) is 25.8 Å². The first-order chi connectivity index (χ1) is 10.4. The van der Waals surface area contributed by atoms with E-state index in [9.17, 15) is 14.4 Å². The van der Waals surface area contributed by atoms with Crippen LogP contribution in [-0.4, -0.2) is 48.3 Å². The van der Waals surface area contributed by atoms with E-state index in [0.29, 0.717) is 0 Å². The highest BCUT2D eigenvalue weighted by atomic mass is 16.7. The molecule has 0 fully saturated rings. The molecule has 1 aromatic carbocycles. The van der Waals surface area contributed by atoms with Crippen molar-refractivity contribution in [2.75, 3.05) is 14.2 Å². The largest absolute Gasteiger partial charge is 0.480 e. The highest BCUT2D eigenvalue weighted by Crippen LogP contribution is 2.02. The SMILES string of the molecule is CON(C)C(=O)CC(NC(=O)OCc1ccccc1)C(=O)O. The molecule has 1 rings (SSSR count). The second kappa shape index (κ2) is 8.63. The molecule has 0 aliphatic carbocycles. The first kappa shape index (κ1) is 17.4. The minimum absolute atomic E-state index is 0.00489. The van der Waals surface area contributed by atoms with Crippen LogP contribution in [0.1, 0.15) is 12.0 Å². The molecule has 8 heteroatoms. The van der Waals surface area contributed by atoms with Gasteiger partial charge in [-0.25, -0.2) is 14.7 Å². The normalized spacial score (nSPS) is 11.4. The second-order valence-corrected chi connectivity index (χ2v) is 4.37. The Bertz CT molecular complexity index is 519. The number of hydrogen-bond donors (Lipinski definition) is 2. The Balaban J connectivity index is 2.50. The number of carbonyl (C=O) groups excluding carboxylic acids is 2. The van der Waals surface area contributed by atoms with E-state index < -0.39 is 30.4 Å². The van der Waals surface area contributed by atoms with Gasteiger partial charge in [0.05, 0.1) is 13.5 Å². The molecule has 0 radical (unpaired) electrons. The molecule has 1 unspecified atom stereocenters. The molecular weight excluding hydrogens is 292 g/mol. The zero-order valence-corrected chi connectivity index (χ0v) is 12.3. The highest BCUT2D eigenvalue weighted by Gasteiger charge is 2.25. The quantitative estimate of drug-likeness (QED) is 0.721. The van der Waals surface area contributed by atoms with Gasteiger partial charge >= 0.3 is 12.1 Å². The van der Waals surface area contributed by atoms with Crippen LogP contribution in [0.4, 0.5) is 4.79 Å². The number of carboxylic acids is 1. The monoisotopic (exact) mass is 310 g/mol. The summed E-state index contributed by atoms with van der Waals surface area (Å²) in [4.78, 5) is 38.9. The molecule has 120 valence electrons. The van der Waals surface area contributed by atoms with Crippen LogP contribution in [0, 0.1) is 0 Å². The third-order valence-corrected chi connectivity index (χ3v) is 2.81. The van der Waals surface area contributed by atoms with E-state index in [4.69, 9.17) is 9.84 Å². The van der Waals surface area contributed by atoms with E-state index in [1.54, 1.807) is 24.3 Å². The summed E-state index contributed by atoms with van der Waals surface area (Å²) in [6.45, 7) is 0.00489. The van der Waals surface area contributed by atoms with Gasteiger partial charge in [0.1, 0.15) is 12.6 Å². The minimum Gasteiger partial charge on any atom is -0.480 e. The Morgan fingerprint density at radius 3 is 2.45 bits per heavy atom. The molecule has 0 heterocycles. The molecule has 2 N–H and O–H groups in total. The number of ether oxygens (including phenoxy) is 1. The van der Waals surface area contributed by atoms with Crippen molar-refractivity contribution in [2.45, 2.75) is 19.1 Å². The second-order valence-electron chi connectivity index (χ2n) is 4.37. The summed E-state index contributed by atoms with van der Waals surface area (Å²) in [5, 5.41) is 12.0. The molecule has 0 spiro atoms. The van der Waals surface area contributed by atoms with Crippen LogP contribution >= 0.6 is 0 Å². The molecule has 8 nitrogen and oxygen atoms in total. The zero-order chi connectivity index (χ0) is 16.5. The smallest absolute Gasteiger partial charge is 0.408 e. The number of hydroxylamine groups is 2. The Kier molecular flexibility index (Phi) is 6.84. The fourth-order valence-electron chi connectivity index (χ4n) is 1.51. The van der Waals surface area contributed by atoms with Gasteiger partial charge in [-0.15, -0.1) is 0 Å². The van der Waals surface area contributed by atoms with E-state index in [1.807, 2.05) is 6.07 Å². The van der Waals surface area contributed by atoms with Gasteiger partial charge in [0.25, 0.3) is 0 Å². The van der Waals surface area contributed by atoms with Gasteiger partial charge in [0.2, 0.25) is 5.91 Å². The summed E-state index contributed by atoms with van der Waals surface area (Å²) >= 11 is 0. The van der Waals surface area contributed by atoms with Crippen LogP contribution in [0.2, 0.25) is 0 Å². The molecule has 0 bridgehead atoms. The lowest BCUT2D eigenvalue weighted by molar-refractivity contribution is -0.170. The number of rotatable bonds is 7. The standard InChI is InChI=1S/C14H18N2O6/c1-16(21-2)12(17)8-11(13(18)19)15-14(20)22-9-10-6-4-3-5-7-10/h3-7,11H,8-9H2,1-2H3,(H,15,20)(H,18,19). The van der Waals surface area contributed by atoms with Gasteiger partial charge in [0, 0.05) is 7.05 Å². The predicted molar refractivity (Wildman–Crippen MR) is 75.6 cm³/mol. The summed E-state index contributed by atoms with van der Waals surface area (Å²) in [7, 11) is 2.62. The molecular formula is C14H18N2O6. The third-order valence-electron chi connectivity index (χ3n) is 2.81. The Morgan fingerprint density at radius 2 is 1.91 bits per heavy atom. The van der Waals surface area contributed by atoms with Crippen molar-refractivity contribution in [1.82, 2.24) is 10.4 Å². The fourth-order valence-corrected chi connectivity index (χ4v) is 1.51. The summed E-state index contributed by atoms with van der Waals surface area (Å²) in [5.41, 5.74) is 0.764. The number of nitrogens with one attached hydrogen (secondary N) is 1. The Labute approximate surface area is 127 Å². The first-order valence-electron chi connectivity index (χ1n) is 6.44. The number of aliphatic carboxylic acids is 1. The molecule has 1 aromatic rings. The lowest BCUT2D eigenvalue weighted by Gasteiger charge is -2.18. The zero-order valence-electron chi connectivity index (χ0n) is 12.3. The van der Waals surface area contributed by atoms with Crippen LogP contribution in [0.25, 0.3) is 0 Å². The highest BCUT2D eigenvalue weighted by molar-refractivity contribution is 5.86. The van der Waals surface area contributed by atoms with Crippen LogP contribution < -0.4 is 5.32 Å². The number of benzene rings is 1. The van der Waals surface area contributed by atoms with Gasteiger partial charge in [-0.1, -0.05) is 30.3 Å². The number of hydrogen-bond acceptors (Lipinski definition) is 5. The average Bonchev–Trinajstić information content (AvgIpc) is 2.52. The average molecular weight is 310 g/mol. The van der Waals surface area contributed by atoms with Crippen molar-refractivity contribution in [3.8, 4) is 0 Å². The van der Waals surface area contributed by atoms with E-state index in [0.717, 1.165) is 10.6 Å². The number of carbonyl (C=O) groups is 3. The maximum atomic E-state index is 11.6. The molecule has 0 aliphatic rings. The van der Waals surface area contributed by atoms with Crippen molar-refractivity contribution >= 4 is 18.0 Å². The predicted octanol–water partition coefficient (Wildman–Crippen LogP) is 0.776. The van der Waals surface area contributed by atoms with Crippen molar-refractivity contribution in [3.05, 3.63) is 35.9 Å². The number of nitrogens with zero attached hydrogens (tertiary/aromatic N) is 1. The lowest BCUT2D eigenvalue weighted by Crippen LogP contribution is -2.44. The first-order valence-corrected chi connectivity index (χ1v) is 6.44. The topological polar surface area (TPSA) is 105 Å². The van der Waals surface area contributed by atoms with Gasteiger partial charge < -0.3 is 15.2 Å². The maximum Gasteiger partial charge on any atom is 0.408 e. The number of alkyl carbamates (subject to hydrolysis) is 1. The van der Waals surface area contributed by atoms with Crippen molar-refractivity contribution in [3.63, 3.8) is 0 Å². The maximum absolute atomic E-state index is 11.6. The molecule has 0 aliphatic heterocycles. The van der Waals surface area contributed by atoms with E-state index in [2.05, 4.69) is 10.2 Å². The lowest BCUT2D eigenvalue weighted by atomic mass is 10.2. The van der Waals surface area contributed by atoms with Crippen molar-refractivity contribution in [1.29, 1.82) is 0 Å². The van der Waals surface area contributed by atoms with Gasteiger partial charge in [0.15, 0.2) is 0 Å². The number of carboxylic acid groups (broad SMARTS) is 1. The summed E-state index contributed by atoms with van der Waals surface area (Å²) in [5.74, 6) is -1.92. The van der Waals surface area contributed by atoms with E-state index >= 15 is 0 Å². The van der Waals surface area contributed by atoms with Crippen LogP contribution in [0.5, 0.6) is 0 Å². The van der Waals surface area contributed by atoms with Crippen molar-refractivity contribution < 1.29 is 29.1 Å². The van der Waals surface area contributed by atoms with Gasteiger partial charge in [-0.2, -0.15) is 0 Å². The van der Waals surface area contributed by atoms with Gasteiger partial charge in [-0.05, 0) is 5.56 Å².